The number of nitrogens with one attached hydrogen (secondary N) is 2. The molecule has 0 fully saturated rings. The lowest BCUT2D eigenvalue weighted by Gasteiger charge is -2.27. The number of hydrogen-bond donors (Lipinski definition) is 2. The highest BCUT2D eigenvalue weighted by atomic mass is 19.4. The van der Waals surface area contributed by atoms with Crippen molar-refractivity contribution in [1.82, 2.24) is 25.1 Å². The van der Waals surface area contributed by atoms with Gasteiger partial charge in [0.2, 0.25) is 5.91 Å². The van der Waals surface area contributed by atoms with E-state index < -0.39 is 47.1 Å². The molecule has 3 heterocycles. The van der Waals surface area contributed by atoms with Crippen LogP contribution in [-0.4, -0.2) is 63.8 Å². The highest BCUT2D eigenvalue weighted by Crippen LogP contribution is 2.36. The monoisotopic (exact) mass is 516 g/mol. The van der Waals surface area contributed by atoms with Crippen molar-refractivity contribution in [2.45, 2.75) is 38.7 Å². The van der Waals surface area contributed by atoms with Crippen LogP contribution in [0.25, 0.3) is 0 Å². The van der Waals surface area contributed by atoms with Crippen LogP contribution in [0, 0.1) is 11.6 Å². The van der Waals surface area contributed by atoms with Crippen molar-refractivity contribution in [3.8, 4) is 0 Å². The molecule has 1 aromatic carbocycles. The number of nitrogens with zero attached hydrogens (tertiary/aromatic N) is 4. The van der Waals surface area contributed by atoms with Gasteiger partial charge in [0.15, 0.2) is 5.82 Å². The summed E-state index contributed by atoms with van der Waals surface area (Å²) in [6.45, 7) is 1.53. The first-order valence-electron chi connectivity index (χ1n) is 10.8. The second-order valence-corrected chi connectivity index (χ2v) is 8.31. The Morgan fingerprint density at radius 2 is 1.97 bits per heavy atom. The van der Waals surface area contributed by atoms with Crippen molar-refractivity contribution in [3.63, 3.8) is 0 Å². The average Bonchev–Trinajstić information content (AvgIpc) is 3.09. The van der Waals surface area contributed by atoms with Crippen molar-refractivity contribution < 1.29 is 41.2 Å². The molecule has 2 N–H and O–H groups in total. The maximum Gasteiger partial charge on any atom is 0.422 e. The van der Waals surface area contributed by atoms with Crippen LogP contribution >= 0.6 is 0 Å². The lowest BCUT2D eigenvalue weighted by Crippen LogP contribution is -2.40. The van der Waals surface area contributed by atoms with Gasteiger partial charge in [-0.3, -0.25) is 19.1 Å². The van der Waals surface area contributed by atoms with E-state index in [1.807, 2.05) is 5.32 Å². The Morgan fingerprint density at radius 1 is 1.25 bits per heavy atom. The largest absolute Gasteiger partial charge is 0.422 e. The predicted molar refractivity (Wildman–Crippen MR) is 112 cm³/mol. The molecule has 0 saturated heterocycles. The lowest BCUT2D eigenvalue weighted by atomic mass is 10.0. The molecule has 15 heteroatoms. The average molecular weight is 516 g/mol. The molecule has 0 radical (unpaired) electrons. The van der Waals surface area contributed by atoms with Gasteiger partial charge in [0.05, 0.1) is 24.5 Å². The van der Waals surface area contributed by atoms with Crippen LogP contribution in [0.2, 0.25) is 0 Å². The van der Waals surface area contributed by atoms with E-state index in [2.05, 4.69) is 10.4 Å². The Hall–Kier alpha value is -3.75. The summed E-state index contributed by atoms with van der Waals surface area (Å²) in [4.78, 5) is 43.7. The fourth-order valence-electron chi connectivity index (χ4n) is 4.08. The second-order valence-electron chi connectivity index (χ2n) is 8.31. The summed E-state index contributed by atoms with van der Waals surface area (Å²) in [5, 5.41) is 10.1. The number of urea groups is 1. The third-order valence-electron chi connectivity index (χ3n) is 5.76. The molecule has 0 unspecified atom stereocenters. The minimum Gasteiger partial charge on any atom is -0.354 e. The summed E-state index contributed by atoms with van der Waals surface area (Å²) < 4.78 is 68.4. The molecule has 4 amide bonds. The first kappa shape index (κ1) is 25.3. The Kier molecular flexibility index (Phi) is 6.60. The molecular formula is C21H21F5N6O4. The van der Waals surface area contributed by atoms with Crippen molar-refractivity contribution in [2.75, 3.05) is 25.5 Å². The van der Waals surface area contributed by atoms with E-state index in [1.165, 1.54) is 23.6 Å². The van der Waals surface area contributed by atoms with Crippen LogP contribution in [0.15, 0.2) is 12.1 Å². The smallest absolute Gasteiger partial charge is 0.354 e. The number of amides is 4. The molecule has 10 nitrogen and oxygen atoms in total. The molecule has 36 heavy (non-hydrogen) atoms. The van der Waals surface area contributed by atoms with Crippen LogP contribution < -0.4 is 10.6 Å². The summed E-state index contributed by atoms with van der Waals surface area (Å²) in [6.07, 6.45) is -5.68. The molecule has 4 rings (SSSR count). The third-order valence-corrected chi connectivity index (χ3v) is 5.76. The van der Waals surface area contributed by atoms with Gasteiger partial charge in [-0.05, 0) is 12.1 Å². The molecule has 0 aliphatic carbocycles. The van der Waals surface area contributed by atoms with Crippen molar-refractivity contribution in [1.29, 1.82) is 0 Å². The molecule has 1 atom stereocenters. The summed E-state index contributed by atoms with van der Waals surface area (Å²) >= 11 is 0. The van der Waals surface area contributed by atoms with E-state index in [1.54, 1.807) is 0 Å². The van der Waals surface area contributed by atoms with Crippen LogP contribution in [-0.2, 0) is 35.3 Å². The number of fused-ring (bicyclic) bond motifs is 3. The molecule has 0 bridgehead atoms. The number of alkyl halides is 3. The van der Waals surface area contributed by atoms with Gasteiger partial charge in [-0.1, -0.05) is 0 Å². The van der Waals surface area contributed by atoms with Crippen LogP contribution in [0.1, 0.15) is 34.2 Å². The molecule has 2 aromatic rings. The molecule has 1 aromatic heterocycles. The van der Waals surface area contributed by atoms with E-state index in [0.29, 0.717) is 23.4 Å². The maximum atomic E-state index is 14.4. The van der Waals surface area contributed by atoms with Crippen molar-refractivity contribution in [2.24, 2.45) is 0 Å². The zero-order valence-corrected chi connectivity index (χ0v) is 19.1. The highest BCUT2D eigenvalue weighted by Gasteiger charge is 2.39. The zero-order chi connectivity index (χ0) is 26.4. The number of halogens is 5. The fraction of sp³-hybridized carbons (Fsp3) is 0.429. The van der Waals surface area contributed by atoms with Crippen molar-refractivity contribution in [3.05, 3.63) is 46.3 Å². The molecule has 2 aliphatic heterocycles. The van der Waals surface area contributed by atoms with Gasteiger partial charge >= 0.3 is 12.2 Å². The standard InChI is InChI=1S/C21H21F5N6O4/c1-10(33)27-7-11-8-32-18(19(34)30(2)36-11)12-9-31(6-5-14(12)29-32)20(35)28-15-4-3-13(22)16(17(15)23)21(24,25)26/h3-4,11H,5-9H2,1-2H3,(H,27,33)(H,28,35)/t11-/m1/s1. The summed E-state index contributed by atoms with van der Waals surface area (Å²) in [7, 11) is 1.39. The molecule has 0 saturated carbocycles. The van der Waals surface area contributed by atoms with Gasteiger partial charge in [-0.2, -0.15) is 18.3 Å². The minimum atomic E-state index is -5.29. The Morgan fingerprint density at radius 3 is 2.64 bits per heavy atom. The topological polar surface area (TPSA) is 109 Å². The Bertz CT molecular complexity index is 1230. The molecule has 2 aliphatic rings. The number of hydrogen-bond acceptors (Lipinski definition) is 5. The zero-order valence-electron chi connectivity index (χ0n) is 19.1. The minimum absolute atomic E-state index is 0.0834. The van der Waals surface area contributed by atoms with Gasteiger partial charge in [-0.15, -0.1) is 0 Å². The molecule has 194 valence electrons. The number of anilines is 1. The van der Waals surface area contributed by atoms with Crippen LogP contribution in [0.5, 0.6) is 0 Å². The third kappa shape index (κ3) is 4.82. The van der Waals surface area contributed by atoms with Gasteiger partial charge in [0.25, 0.3) is 5.91 Å². The second kappa shape index (κ2) is 9.37. The maximum absolute atomic E-state index is 14.4. The SMILES string of the molecule is CC(=O)NC[C@@H]1Cn2nc3c(c2C(=O)N(C)O1)CN(C(=O)Nc1ccc(F)c(C(F)(F)F)c1F)CC3. The Balaban J connectivity index is 1.56. The van der Waals surface area contributed by atoms with E-state index in [9.17, 15) is 36.3 Å². The predicted octanol–water partition coefficient (Wildman–Crippen LogP) is 2.29. The number of benzene rings is 1. The number of rotatable bonds is 3. The van der Waals surface area contributed by atoms with E-state index in [-0.39, 0.29) is 44.2 Å². The van der Waals surface area contributed by atoms with Gasteiger partial charge in [0, 0.05) is 39.0 Å². The summed E-state index contributed by atoms with van der Waals surface area (Å²) in [5.41, 5.74) is -1.83. The Labute approximate surface area is 200 Å². The van der Waals surface area contributed by atoms with E-state index >= 15 is 0 Å². The van der Waals surface area contributed by atoms with Gasteiger partial charge in [-0.25, -0.2) is 18.6 Å². The normalized spacial score (nSPS) is 17.9. The first-order chi connectivity index (χ1) is 16.9. The first-order valence-corrected chi connectivity index (χ1v) is 10.8. The lowest BCUT2D eigenvalue weighted by molar-refractivity contribution is -0.148. The highest BCUT2D eigenvalue weighted by molar-refractivity contribution is 5.94. The number of carbonyl (C=O) groups excluding carboxylic acids is 3. The summed E-state index contributed by atoms with van der Waals surface area (Å²) in [5.74, 6) is -4.56. The van der Waals surface area contributed by atoms with E-state index in [4.69, 9.17) is 4.84 Å². The van der Waals surface area contributed by atoms with Gasteiger partial charge < -0.3 is 15.5 Å². The fourth-order valence-corrected chi connectivity index (χ4v) is 4.08. The number of aromatic nitrogens is 2. The summed E-state index contributed by atoms with van der Waals surface area (Å²) in [6, 6.07) is 0.178. The quantitative estimate of drug-likeness (QED) is 0.609. The molecule has 0 spiro atoms. The van der Waals surface area contributed by atoms with E-state index in [0.717, 1.165) is 5.06 Å². The van der Waals surface area contributed by atoms with Crippen molar-refractivity contribution >= 4 is 23.5 Å². The van der Waals surface area contributed by atoms with Crippen LogP contribution in [0.4, 0.5) is 32.4 Å². The van der Waals surface area contributed by atoms with Gasteiger partial charge in [0.1, 0.15) is 23.2 Å². The van der Waals surface area contributed by atoms with Crippen LogP contribution in [0.3, 0.4) is 0 Å². The number of carbonyl (C=O) groups is 3. The number of hydroxylamine groups is 2. The molecular weight excluding hydrogens is 495 g/mol.